The van der Waals surface area contributed by atoms with E-state index in [-0.39, 0.29) is 23.1 Å². The van der Waals surface area contributed by atoms with Crippen LogP contribution in [-0.4, -0.2) is 41.2 Å². The van der Waals surface area contributed by atoms with E-state index in [4.69, 9.17) is 0 Å². The van der Waals surface area contributed by atoms with Gasteiger partial charge in [-0.25, -0.2) is 0 Å². The molecule has 84 valence electrons. The van der Waals surface area contributed by atoms with Crippen LogP contribution in [0.15, 0.2) is 0 Å². The van der Waals surface area contributed by atoms with Crippen molar-refractivity contribution in [3.63, 3.8) is 0 Å². The first kappa shape index (κ1) is 11.1. The summed E-state index contributed by atoms with van der Waals surface area (Å²) >= 11 is 0. The lowest BCUT2D eigenvalue weighted by atomic mass is 9.67. The fraction of sp³-hybridized carbons (Fsp3) is 0.909. The van der Waals surface area contributed by atoms with Crippen LogP contribution in [0.3, 0.4) is 0 Å². The molecule has 2 heterocycles. The van der Waals surface area contributed by atoms with Crippen LogP contribution in [0, 0.1) is 5.41 Å². The molecular formula is C11H20BNO2. The van der Waals surface area contributed by atoms with Crippen LogP contribution in [0.25, 0.3) is 0 Å². The van der Waals surface area contributed by atoms with E-state index in [2.05, 4.69) is 25.6 Å². The molecule has 3 unspecified atom stereocenters. The molecule has 3 nitrogen and oxygen atoms in total. The Bertz CT molecular complexity index is 276. The van der Waals surface area contributed by atoms with E-state index in [1.165, 1.54) is 0 Å². The molecule has 3 atom stereocenters. The molecule has 2 aliphatic heterocycles. The highest BCUT2D eigenvalue weighted by Crippen LogP contribution is 2.54. The molecule has 0 radical (unpaired) electrons. The van der Waals surface area contributed by atoms with Gasteiger partial charge in [0.2, 0.25) is 0 Å². The summed E-state index contributed by atoms with van der Waals surface area (Å²) in [6, 6.07) is 0.217. The van der Waals surface area contributed by atoms with Crippen molar-refractivity contribution in [2.24, 2.45) is 5.41 Å². The van der Waals surface area contributed by atoms with Crippen molar-refractivity contribution in [2.45, 2.75) is 57.7 Å². The third-order valence-corrected chi connectivity index (χ3v) is 4.46. The fourth-order valence-corrected chi connectivity index (χ4v) is 3.61. The maximum atomic E-state index is 10.7. The summed E-state index contributed by atoms with van der Waals surface area (Å²) < 4.78 is 0. The van der Waals surface area contributed by atoms with E-state index in [9.17, 15) is 9.90 Å². The lowest BCUT2D eigenvalue weighted by Crippen LogP contribution is -2.52. The van der Waals surface area contributed by atoms with Crippen molar-refractivity contribution < 1.29 is 9.90 Å². The van der Waals surface area contributed by atoms with Gasteiger partial charge in [-0.2, -0.15) is 0 Å². The molecule has 2 saturated heterocycles. The van der Waals surface area contributed by atoms with Gasteiger partial charge in [-0.1, -0.05) is 20.8 Å². The summed E-state index contributed by atoms with van der Waals surface area (Å²) in [6.45, 7) is 6.64. The van der Waals surface area contributed by atoms with E-state index in [0.717, 1.165) is 25.4 Å². The summed E-state index contributed by atoms with van der Waals surface area (Å²) in [4.78, 5) is 13.0. The van der Waals surface area contributed by atoms with Crippen molar-refractivity contribution in [1.82, 2.24) is 4.81 Å². The minimum atomic E-state index is -0.238. The second kappa shape index (κ2) is 3.32. The largest absolute Gasteiger partial charge is 0.391 e. The van der Waals surface area contributed by atoms with Gasteiger partial charge in [0.1, 0.15) is 0 Å². The molecule has 4 heteroatoms. The first-order chi connectivity index (χ1) is 6.92. The van der Waals surface area contributed by atoms with E-state index in [1.807, 2.05) is 0 Å². The maximum absolute atomic E-state index is 10.7. The molecule has 2 rings (SSSR count). The minimum Gasteiger partial charge on any atom is -0.391 e. The fourth-order valence-electron chi connectivity index (χ4n) is 3.61. The molecule has 0 aromatic rings. The molecule has 1 N–H and O–H groups in total. The Kier molecular flexibility index (Phi) is 2.47. The normalized spacial score (nSPS) is 40.8. The molecule has 0 aromatic heterocycles. The van der Waals surface area contributed by atoms with E-state index in [0.29, 0.717) is 7.41 Å². The van der Waals surface area contributed by atoms with E-state index < -0.39 is 0 Å². The van der Waals surface area contributed by atoms with E-state index in [1.54, 1.807) is 0 Å². The van der Waals surface area contributed by atoms with Crippen molar-refractivity contribution in [3.05, 3.63) is 0 Å². The molecule has 2 fully saturated rings. The van der Waals surface area contributed by atoms with Gasteiger partial charge in [0, 0.05) is 11.6 Å². The highest BCUT2D eigenvalue weighted by atomic mass is 16.3. The average Bonchev–Trinajstić information content (AvgIpc) is 2.58. The van der Waals surface area contributed by atoms with Crippen LogP contribution in [0.4, 0.5) is 0 Å². The first-order valence-electron chi connectivity index (χ1n) is 5.81. The molecular weight excluding hydrogens is 189 g/mol. The topological polar surface area (TPSA) is 40.5 Å². The molecule has 2 bridgehead atoms. The predicted molar refractivity (Wildman–Crippen MR) is 61.6 cm³/mol. The second-order valence-electron chi connectivity index (χ2n) is 5.98. The summed E-state index contributed by atoms with van der Waals surface area (Å²) in [6.07, 6.45) is 3.71. The van der Waals surface area contributed by atoms with Crippen molar-refractivity contribution in [1.29, 1.82) is 0 Å². The number of aliphatic hydroxyl groups is 1. The number of carbonyl (C=O) groups excluding carboxylic acids is 1. The third kappa shape index (κ3) is 1.38. The quantitative estimate of drug-likeness (QED) is 0.533. The van der Waals surface area contributed by atoms with Crippen LogP contribution in [0.1, 0.15) is 40.0 Å². The summed E-state index contributed by atoms with van der Waals surface area (Å²) in [7, 11) is 0.471. The number of rotatable bonds is 2. The van der Waals surface area contributed by atoms with Crippen LogP contribution in [-0.2, 0) is 4.79 Å². The smallest absolute Gasteiger partial charge is 0.281 e. The predicted octanol–water partition coefficient (Wildman–Crippen LogP) is 0.542. The lowest BCUT2D eigenvalue weighted by molar-refractivity contribution is 0.0850. The van der Waals surface area contributed by atoms with Crippen LogP contribution in [0.2, 0.25) is 0 Å². The Morgan fingerprint density at radius 3 is 2.67 bits per heavy atom. The third-order valence-electron chi connectivity index (χ3n) is 4.46. The molecule has 15 heavy (non-hydrogen) atoms. The average molecular weight is 209 g/mol. The summed E-state index contributed by atoms with van der Waals surface area (Å²) in [5, 5.41) is 9.99. The molecule has 0 amide bonds. The minimum absolute atomic E-state index is 0.0397. The van der Waals surface area contributed by atoms with Gasteiger partial charge in [-0.3, -0.25) is 0 Å². The van der Waals surface area contributed by atoms with Crippen molar-refractivity contribution >= 4 is 13.6 Å². The lowest BCUT2D eigenvalue weighted by Gasteiger charge is -2.45. The van der Waals surface area contributed by atoms with Crippen LogP contribution < -0.4 is 0 Å². The zero-order valence-electron chi connectivity index (χ0n) is 9.86. The number of hydrogen-bond donors (Lipinski definition) is 1. The Labute approximate surface area is 92.1 Å². The number of hydrogen-bond acceptors (Lipinski definition) is 3. The van der Waals surface area contributed by atoms with Gasteiger partial charge in [0.05, 0.1) is 12.3 Å². The Hall–Kier alpha value is -0.345. The van der Waals surface area contributed by atoms with Gasteiger partial charge in [0.25, 0.3) is 7.41 Å². The molecule has 0 spiro atoms. The first-order valence-corrected chi connectivity index (χ1v) is 5.81. The molecule has 0 aliphatic carbocycles. The van der Waals surface area contributed by atoms with Crippen LogP contribution >= 0.6 is 0 Å². The number of fused-ring (bicyclic) bond motifs is 2. The highest BCUT2D eigenvalue weighted by Gasteiger charge is 2.60. The molecule has 2 aliphatic rings. The number of carbonyl (C=O) groups is 1. The Morgan fingerprint density at radius 2 is 2.20 bits per heavy atom. The standard InChI is InChI=1S/C11H20BNO2/c1-10(2,3)11-5-4-8(9(15)6-11)13(11)12-7-14/h7-9,12,15H,4-6H2,1-3H3. The summed E-state index contributed by atoms with van der Waals surface area (Å²) in [5.41, 5.74) is 0.167. The van der Waals surface area contributed by atoms with Crippen molar-refractivity contribution in [2.75, 3.05) is 0 Å². The summed E-state index contributed by atoms with van der Waals surface area (Å²) in [5.74, 6) is 0. The zero-order valence-corrected chi connectivity index (χ0v) is 9.86. The SMILES string of the molecule is CC(C)(C)C12CCC(C(O)C1)N2BC=O. The van der Waals surface area contributed by atoms with Gasteiger partial charge in [-0.15, -0.1) is 0 Å². The number of nitrogens with zero attached hydrogens (tertiary/aromatic N) is 1. The van der Waals surface area contributed by atoms with Gasteiger partial charge in [-0.05, 0) is 24.7 Å². The monoisotopic (exact) mass is 209 g/mol. The van der Waals surface area contributed by atoms with E-state index >= 15 is 0 Å². The second-order valence-corrected chi connectivity index (χ2v) is 5.98. The van der Waals surface area contributed by atoms with Crippen molar-refractivity contribution in [3.8, 4) is 0 Å². The van der Waals surface area contributed by atoms with Gasteiger partial charge < -0.3 is 14.7 Å². The van der Waals surface area contributed by atoms with Gasteiger partial charge in [0.15, 0.2) is 0 Å². The molecule has 0 aromatic carbocycles. The molecule has 0 saturated carbocycles. The Balaban J connectivity index is 2.33. The maximum Gasteiger partial charge on any atom is 0.281 e. The number of aliphatic hydroxyl groups excluding tert-OH is 1. The van der Waals surface area contributed by atoms with Gasteiger partial charge >= 0.3 is 0 Å². The highest BCUT2D eigenvalue weighted by molar-refractivity contribution is 6.64. The zero-order chi connectivity index (χ0) is 11.3. The van der Waals surface area contributed by atoms with Crippen LogP contribution in [0.5, 0.6) is 0 Å². The Morgan fingerprint density at radius 1 is 1.53 bits per heavy atom.